The molecule has 1 unspecified atom stereocenters. The van der Waals surface area contributed by atoms with Crippen molar-refractivity contribution in [1.29, 1.82) is 0 Å². The van der Waals surface area contributed by atoms with Crippen molar-refractivity contribution in [2.45, 2.75) is 65.6 Å². The highest BCUT2D eigenvalue weighted by Crippen LogP contribution is 2.29. The molecule has 0 amide bonds. The molecule has 0 bridgehead atoms. The zero-order chi connectivity index (χ0) is 15.2. The molecular weight excluding hydrogens is 282 g/mol. The van der Waals surface area contributed by atoms with Gasteiger partial charge in [0.15, 0.2) is 5.13 Å². The Hall–Kier alpha value is -0.650. The smallest absolute Gasteiger partial charge is 0.185 e. The number of aryl methyl sites for hydroxylation is 1. The van der Waals surface area contributed by atoms with Gasteiger partial charge >= 0.3 is 0 Å². The lowest BCUT2D eigenvalue weighted by atomic mass is 10.1. The number of aromatic nitrogens is 1. The van der Waals surface area contributed by atoms with Crippen LogP contribution in [0.2, 0.25) is 0 Å². The molecule has 120 valence electrons. The van der Waals surface area contributed by atoms with E-state index in [2.05, 4.69) is 37.9 Å². The predicted molar refractivity (Wildman–Crippen MR) is 90.3 cm³/mol. The van der Waals surface area contributed by atoms with Crippen molar-refractivity contribution in [2.24, 2.45) is 0 Å². The second-order valence-electron chi connectivity index (χ2n) is 5.92. The van der Waals surface area contributed by atoms with Crippen LogP contribution in [0.15, 0.2) is 0 Å². The van der Waals surface area contributed by atoms with Crippen LogP contribution in [-0.2, 0) is 17.7 Å². The minimum atomic E-state index is 0.370. The first-order chi connectivity index (χ1) is 10.1. The number of piperidine rings is 1. The molecule has 4 nitrogen and oxygen atoms in total. The van der Waals surface area contributed by atoms with Gasteiger partial charge in [-0.2, -0.15) is 0 Å². The Morgan fingerprint density at radius 1 is 1.43 bits per heavy atom. The molecule has 1 atom stereocenters. The van der Waals surface area contributed by atoms with Crippen LogP contribution in [0.1, 0.15) is 51.1 Å². The monoisotopic (exact) mass is 311 g/mol. The van der Waals surface area contributed by atoms with Crippen molar-refractivity contribution in [3.63, 3.8) is 0 Å². The van der Waals surface area contributed by atoms with Crippen LogP contribution in [-0.4, -0.2) is 36.8 Å². The molecule has 1 aromatic heterocycles. The Bertz CT molecular complexity index is 431. The highest BCUT2D eigenvalue weighted by Gasteiger charge is 2.23. The summed E-state index contributed by atoms with van der Waals surface area (Å²) in [6, 6.07) is 0.512. The summed E-state index contributed by atoms with van der Waals surface area (Å²) in [5, 5.41) is 4.69. The van der Waals surface area contributed by atoms with Crippen LogP contribution >= 0.6 is 11.3 Å². The zero-order valence-electron chi connectivity index (χ0n) is 13.8. The highest BCUT2D eigenvalue weighted by atomic mass is 32.1. The summed E-state index contributed by atoms with van der Waals surface area (Å²) in [5.74, 6) is 0. The minimum Gasteiger partial charge on any atom is -0.377 e. The molecule has 1 saturated heterocycles. The Kier molecular flexibility index (Phi) is 6.45. The van der Waals surface area contributed by atoms with Crippen molar-refractivity contribution in [3.8, 4) is 0 Å². The molecular formula is C16H29N3OS. The fourth-order valence-corrected chi connectivity index (χ4v) is 3.83. The Morgan fingerprint density at radius 2 is 2.24 bits per heavy atom. The summed E-state index contributed by atoms with van der Waals surface area (Å²) in [6.45, 7) is 12.5. The first-order valence-electron chi connectivity index (χ1n) is 8.22. The fourth-order valence-electron chi connectivity index (χ4n) is 2.70. The molecule has 1 fully saturated rings. The van der Waals surface area contributed by atoms with Gasteiger partial charge in [-0.3, -0.25) is 0 Å². The SMILES string of the molecule is CCOC1CCCN(c2nc(CC)c(CNC(C)C)s2)C1. The molecule has 1 N–H and O–H groups in total. The van der Waals surface area contributed by atoms with E-state index in [1.54, 1.807) is 0 Å². The van der Waals surface area contributed by atoms with Crippen molar-refractivity contribution in [2.75, 3.05) is 24.6 Å². The van der Waals surface area contributed by atoms with Crippen molar-refractivity contribution in [1.82, 2.24) is 10.3 Å². The maximum atomic E-state index is 5.80. The number of nitrogens with one attached hydrogen (secondary N) is 1. The van der Waals surface area contributed by atoms with Gasteiger partial charge in [0.1, 0.15) is 0 Å². The van der Waals surface area contributed by atoms with Crippen LogP contribution in [0.5, 0.6) is 0 Å². The first kappa shape index (κ1) is 16.7. The highest BCUT2D eigenvalue weighted by molar-refractivity contribution is 7.15. The van der Waals surface area contributed by atoms with E-state index in [1.165, 1.54) is 28.5 Å². The van der Waals surface area contributed by atoms with Crippen molar-refractivity contribution in [3.05, 3.63) is 10.6 Å². The van der Waals surface area contributed by atoms with E-state index >= 15 is 0 Å². The lowest BCUT2D eigenvalue weighted by Gasteiger charge is -2.32. The second-order valence-corrected chi connectivity index (χ2v) is 6.98. The van der Waals surface area contributed by atoms with Gasteiger partial charge in [-0.1, -0.05) is 20.8 Å². The van der Waals surface area contributed by atoms with Gasteiger partial charge in [0.05, 0.1) is 11.8 Å². The van der Waals surface area contributed by atoms with Gasteiger partial charge in [-0.15, -0.1) is 11.3 Å². The molecule has 0 aliphatic carbocycles. The Labute approximate surface area is 132 Å². The van der Waals surface area contributed by atoms with Crippen LogP contribution < -0.4 is 10.2 Å². The molecule has 1 aliphatic heterocycles. The standard InChI is InChI=1S/C16H29N3OS/c1-5-14-15(10-17-12(3)4)21-16(18-14)19-9-7-8-13(11-19)20-6-2/h12-13,17H,5-11H2,1-4H3. The van der Waals surface area contributed by atoms with Crippen molar-refractivity contribution >= 4 is 16.5 Å². The average Bonchev–Trinajstić information content (AvgIpc) is 2.89. The number of nitrogens with zero attached hydrogens (tertiary/aromatic N) is 2. The Balaban J connectivity index is 2.05. The normalized spacial score (nSPS) is 19.5. The van der Waals surface area contributed by atoms with Crippen LogP contribution in [0.3, 0.4) is 0 Å². The molecule has 2 rings (SSSR count). The van der Waals surface area contributed by atoms with Crippen molar-refractivity contribution < 1.29 is 4.74 Å². The molecule has 1 aliphatic rings. The third-order valence-corrected chi connectivity index (χ3v) is 4.98. The average molecular weight is 311 g/mol. The van der Waals surface area contributed by atoms with E-state index in [4.69, 9.17) is 9.72 Å². The number of hydrogen-bond donors (Lipinski definition) is 1. The molecule has 0 spiro atoms. The van der Waals surface area contributed by atoms with Crippen LogP contribution in [0.25, 0.3) is 0 Å². The predicted octanol–water partition coefficient (Wildman–Crippen LogP) is 3.21. The molecule has 5 heteroatoms. The van der Waals surface area contributed by atoms with Crippen LogP contribution in [0, 0.1) is 0 Å². The minimum absolute atomic E-state index is 0.370. The van der Waals surface area contributed by atoms with E-state index in [9.17, 15) is 0 Å². The number of ether oxygens (including phenoxy) is 1. The van der Waals surface area contributed by atoms with E-state index in [-0.39, 0.29) is 0 Å². The van der Waals surface area contributed by atoms with Gasteiger partial charge in [0.25, 0.3) is 0 Å². The maximum absolute atomic E-state index is 5.80. The number of hydrogen-bond acceptors (Lipinski definition) is 5. The lowest BCUT2D eigenvalue weighted by molar-refractivity contribution is 0.0526. The van der Waals surface area contributed by atoms with E-state index in [1.807, 2.05) is 11.3 Å². The van der Waals surface area contributed by atoms with E-state index in [0.717, 1.165) is 32.7 Å². The maximum Gasteiger partial charge on any atom is 0.185 e. The lowest BCUT2D eigenvalue weighted by Crippen LogP contribution is -2.39. The first-order valence-corrected chi connectivity index (χ1v) is 9.04. The van der Waals surface area contributed by atoms with Gasteiger partial charge in [0, 0.05) is 37.2 Å². The van der Waals surface area contributed by atoms with E-state index in [0.29, 0.717) is 12.1 Å². The Morgan fingerprint density at radius 3 is 2.90 bits per heavy atom. The van der Waals surface area contributed by atoms with Gasteiger partial charge in [-0.25, -0.2) is 4.98 Å². The largest absolute Gasteiger partial charge is 0.377 e. The number of anilines is 1. The van der Waals surface area contributed by atoms with Gasteiger partial charge in [0.2, 0.25) is 0 Å². The third-order valence-electron chi connectivity index (χ3n) is 3.82. The van der Waals surface area contributed by atoms with Gasteiger partial charge in [-0.05, 0) is 26.2 Å². The second kappa shape index (κ2) is 8.11. The molecule has 2 heterocycles. The summed E-state index contributed by atoms with van der Waals surface area (Å²) >= 11 is 1.85. The number of rotatable bonds is 7. The topological polar surface area (TPSA) is 37.4 Å². The molecule has 0 aromatic carbocycles. The molecule has 0 radical (unpaired) electrons. The summed E-state index contributed by atoms with van der Waals surface area (Å²) in [6.07, 6.45) is 3.76. The number of thiazole rings is 1. The summed E-state index contributed by atoms with van der Waals surface area (Å²) < 4.78 is 5.80. The summed E-state index contributed by atoms with van der Waals surface area (Å²) in [7, 11) is 0. The fraction of sp³-hybridized carbons (Fsp3) is 0.812. The molecule has 1 aromatic rings. The quantitative estimate of drug-likeness (QED) is 0.839. The summed E-state index contributed by atoms with van der Waals surface area (Å²) in [4.78, 5) is 8.67. The molecule has 0 saturated carbocycles. The van der Waals surface area contributed by atoms with Gasteiger partial charge < -0.3 is 15.0 Å². The third kappa shape index (κ3) is 4.66. The van der Waals surface area contributed by atoms with Crippen LogP contribution in [0.4, 0.5) is 5.13 Å². The van der Waals surface area contributed by atoms with E-state index < -0.39 is 0 Å². The zero-order valence-corrected chi connectivity index (χ0v) is 14.6. The summed E-state index contributed by atoms with van der Waals surface area (Å²) in [5.41, 5.74) is 1.25. The molecule has 21 heavy (non-hydrogen) atoms.